The van der Waals surface area contributed by atoms with E-state index in [9.17, 15) is 0 Å². The number of hydrogen-bond acceptors (Lipinski definition) is 3. The minimum atomic E-state index is -2.64. The third-order valence-corrected chi connectivity index (χ3v) is 4.44. The Bertz CT molecular complexity index is 223. The standard InChI is InChI=1S/C13H24O3Si/c1-5-9-13-17(14-10-6-2,15-11-7-3)16-12-8-4/h6-8,10-12H,5,9,13H2,1-4H3. The van der Waals surface area contributed by atoms with Gasteiger partial charge < -0.3 is 13.3 Å². The van der Waals surface area contributed by atoms with E-state index >= 15 is 0 Å². The van der Waals surface area contributed by atoms with Crippen LogP contribution in [0.2, 0.25) is 6.04 Å². The van der Waals surface area contributed by atoms with Gasteiger partial charge >= 0.3 is 8.80 Å². The van der Waals surface area contributed by atoms with Gasteiger partial charge in [-0.1, -0.05) is 31.6 Å². The molecule has 0 unspecified atom stereocenters. The second kappa shape index (κ2) is 10.0. The molecule has 0 saturated carbocycles. The average Bonchev–Trinajstić information content (AvgIpc) is 2.37. The zero-order chi connectivity index (χ0) is 13.0. The monoisotopic (exact) mass is 256 g/mol. The fraction of sp³-hybridized carbons (Fsp3) is 0.538. The van der Waals surface area contributed by atoms with Gasteiger partial charge in [-0.15, -0.1) is 0 Å². The molecule has 0 amide bonds. The molecule has 0 aromatic carbocycles. The summed E-state index contributed by atoms with van der Waals surface area (Å²) in [6.07, 6.45) is 12.6. The summed E-state index contributed by atoms with van der Waals surface area (Å²) in [5, 5.41) is 0. The third kappa shape index (κ3) is 6.89. The Morgan fingerprint density at radius 3 is 1.53 bits per heavy atom. The molecule has 0 aliphatic rings. The van der Waals surface area contributed by atoms with Crippen LogP contribution in [-0.2, 0) is 13.3 Å². The zero-order valence-corrected chi connectivity index (χ0v) is 12.3. The molecule has 0 bridgehead atoms. The van der Waals surface area contributed by atoms with Gasteiger partial charge in [0.1, 0.15) is 0 Å². The van der Waals surface area contributed by atoms with E-state index in [1.54, 1.807) is 18.8 Å². The molecule has 0 fully saturated rings. The first-order valence-corrected chi connectivity index (χ1v) is 8.04. The molecule has 3 nitrogen and oxygen atoms in total. The van der Waals surface area contributed by atoms with Crippen LogP contribution in [0.5, 0.6) is 0 Å². The van der Waals surface area contributed by atoms with Crippen molar-refractivity contribution < 1.29 is 13.3 Å². The summed E-state index contributed by atoms with van der Waals surface area (Å²) in [4.78, 5) is 0. The fourth-order valence-corrected chi connectivity index (χ4v) is 3.51. The predicted molar refractivity (Wildman–Crippen MR) is 73.2 cm³/mol. The Morgan fingerprint density at radius 2 is 1.24 bits per heavy atom. The highest BCUT2D eigenvalue weighted by Crippen LogP contribution is 2.20. The van der Waals surface area contributed by atoms with Crippen molar-refractivity contribution >= 4 is 8.80 Å². The molecule has 0 radical (unpaired) electrons. The molecule has 17 heavy (non-hydrogen) atoms. The molecule has 0 heterocycles. The fourth-order valence-electron chi connectivity index (χ4n) is 1.17. The van der Waals surface area contributed by atoms with Gasteiger partial charge in [0.25, 0.3) is 0 Å². The molecule has 4 heteroatoms. The van der Waals surface area contributed by atoms with Gasteiger partial charge in [-0.05, 0) is 27.2 Å². The van der Waals surface area contributed by atoms with Gasteiger partial charge in [0.2, 0.25) is 0 Å². The first kappa shape index (κ1) is 15.8. The predicted octanol–water partition coefficient (Wildman–Crippen LogP) is 4.38. The molecule has 0 aromatic heterocycles. The molecule has 0 aliphatic heterocycles. The van der Waals surface area contributed by atoms with Crippen molar-refractivity contribution in [3.8, 4) is 0 Å². The second-order valence-corrected chi connectivity index (χ2v) is 6.12. The lowest BCUT2D eigenvalue weighted by atomic mass is 10.4. The van der Waals surface area contributed by atoms with E-state index in [1.165, 1.54) is 0 Å². The summed E-state index contributed by atoms with van der Waals surface area (Å²) in [6.45, 7) is 7.86. The van der Waals surface area contributed by atoms with Crippen molar-refractivity contribution in [2.45, 2.75) is 46.6 Å². The van der Waals surface area contributed by atoms with Crippen LogP contribution in [-0.4, -0.2) is 8.80 Å². The molecule has 0 aromatic rings. The van der Waals surface area contributed by atoms with Gasteiger partial charge in [-0.2, -0.15) is 0 Å². The average molecular weight is 256 g/mol. The number of unbranched alkanes of at least 4 members (excludes halogenated alkanes) is 1. The van der Waals surface area contributed by atoms with Gasteiger partial charge in [0.05, 0.1) is 24.8 Å². The van der Waals surface area contributed by atoms with Crippen LogP contribution in [0.15, 0.2) is 37.0 Å². The van der Waals surface area contributed by atoms with Crippen LogP contribution in [0.3, 0.4) is 0 Å². The van der Waals surface area contributed by atoms with Crippen LogP contribution >= 0.6 is 0 Å². The number of rotatable bonds is 9. The second-order valence-electron chi connectivity index (χ2n) is 3.55. The van der Waals surface area contributed by atoms with Crippen molar-refractivity contribution in [2.24, 2.45) is 0 Å². The summed E-state index contributed by atoms with van der Waals surface area (Å²) in [5.41, 5.74) is 0. The van der Waals surface area contributed by atoms with Crippen LogP contribution < -0.4 is 0 Å². The molecule has 0 atom stereocenters. The molecule has 0 saturated heterocycles. The molecular weight excluding hydrogens is 232 g/mol. The minimum absolute atomic E-state index is 0.808. The third-order valence-electron chi connectivity index (χ3n) is 1.99. The zero-order valence-electron chi connectivity index (χ0n) is 11.3. The Kier molecular flexibility index (Phi) is 9.34. The van der Waals surface area contributed by atoms with E-state index < -0.39 is 8.80 Å². The largest absolute Gasteiger partial charge is 0.697 e. The van der Waals surface area contributed by atoms with Crippen molar-refractivity contribution in [3.05, 3.63) is 37.0 Å². The van der Waals surface area contributed by atoms with Crippen LogP contribution in [0.4, 0.5) is 0 Å². The van der Waals surface area contributed by atoms with Gasteiger partial charge in [-0.3, -0.25) is 0 Å². The summed E-state index contributed by atoms with van der Waals surface area (Å²) in [7, 11) is -2.64. The first-order chi connectivity index (χ1) is 8.24. The summed E-state index contributed by atoms with van der Waals surface area (Å²) < 4.78 is 17.1. The van der Waals surface area contributed by atoms with Crippen LogP contribution in [0.25, 0.3) is 0 Å². The SMILES string of the molecule is CC=CO[Si](CCCC)(OC=CC)OC=CC. The molecule has 0 rings (SSSR count). The lowest BCUT2D eigenvalue weighted by Crippen LogP contribution is -2.41. The number of allylic oxidation sites excluding steroid dienone is 3. The molecular formula is C13H24O3Si. The van der Waals surface area contributed by atoms with Crippen LogP contribution in [0.1, 0.15) is 40.5 Å². The minimum Gasteiger partial charge on any atom is -0.490 e. The Balaban J connectivity index is 4.74. The smallest absolute Gasteiger partial charge is 0.490 e. The van der Waals surface area contributed by atoms with Gasteiger partial charge in [-0.25, -0.2) is 0 Å². The first-order valence-electron chi connectivity index (χ1n) is 6.11. The normalized spacial score (nSPS) is 15.5. The summed E-state index contributed by atoms with van der Waals surface area (Å²) >= 11 is 0. The highest BCUT2D eigenvalue weighted by Gasteiger charge is 2.45. The quantitative estimate of drug-likeness (QED) is 0.453. The van der Waals surface area contributed by atoms with Crippen molar-refractivity contribution in [3.63, 3.8) is 0 Å². The molecule has 98 valence electrons. The van der Waals surface area contributed by atoms with Crippen molar-refractivity contribution in [2.75, 3.05) is 0 Å². The van der Waals surface area contributed by atoms with E-state index in [4.69, 9.17) is 13.3 Å². The van der Waals surface area contributed by atoms with Crippen LogP contribution in [0, 0.1) is 0 Å². The maximum absolute atomic E-state index is 5.70. The highest BCUT2D eigenvalue weighted by molar-refractivity contribution is 6.61. The summed E-state index contributed by atoms with van der Waals surface area (Å²) in [5.74, 6) is 0. The van der Waals surface area contributed by atoms with E-state index in [-0.39, 0.29) is 0 Å². The maximum Gasteiger partial charge on any atom is 0.697 e. The van der Waals surface area contributed by atoms with E-state index in [2.05, 4.69) is 6.92 Å². The lowest BCUT2D eigenvalue weighted by Gasteiger charge is -2.25. The number of hydrogen-bond donors (Lipinski definition) is 0. The van der Waals surface area contributed by atoms with Gasteiger partial charge in [0.15, 0.2) is 0 Å². The topological polar surface area (TPSA) is 27.7 Å². The molecule has 0 N–H and O–H groups in total. The highest BCUT2D eigenvalue weighted by atomic mass is 28.4. The molecule has 0 spiro atoms. The van der Waals surface area contributed by atoms with E-state index in [0.717, 1.165) is 18.9 Å². The Morgan fingerprint density at radius 1 is 0.824 bits per heavy atom. The van der Waals surface area contributed by atoms with E-state index in [1.807, 2.05) is 39.0 Å². The Hall–Kier alpha value is -1.16. The Labute approximate surface area is 106 Å². The van der Waals surface area contributed by atoms with E-state index in [0.29, 0.717) is 0 Å². The lowest BCUT2D eigenvalue weighted by molar-refractivity contribution is 0.178. The van der Waals surface area contributed by atoms with Gasteiger partial charge in [0, 0.05) is 0 Å². The van der Waals surface area contributed by atoms with Crippen molar-refractivity contribution in [1.29, 1.82) is 0 Å². The van der Waals surface area contributed by atoms with Crippen molar-refractivity contribution in [1.82, 2.24) is 0 Å². The maximum atomic E-state index is 5.70. The summed E-state index contributed by atoms with van der Waals surface area (Å²) in [6, 6.07) is 0.808. The molecule has 0 aliphatic carbocycles.